The van der Waals surface area contributed by atoms with E-state index in [2.05, 4.69) is 37.8 Å². The molecule has 17 heavy (non-hydrogen) atoms. The highest BCUT2D eigenvalue weighted by Crippen LogP contribution is 2.48. The van der Waals surface area contributed by atoms with Gasteiger partial charge in [-0.15, -0.1) is 0 Å². The van der Waals surface area contributed by atoms with Crippen molar-refractivity contribution in [2.75, 3.05) is 0 Å². The maximum absolute atomic E-state index is 6.21. The summed E-state index contributed by atoms with van der Waals surface area (Å²) in [6.45, 7) is 6.00. The molecule has 0 radical (unpaired) electrons. The Bertz CT molecular complexity index is 457. The second kappa shape index (κ2) is 3.76. The fraction of sp³-hybridized carbons (Fsp3) is 0.375. The van der Waals surface area contributed by atoms with Crippen molar-refractivity contribution in [1.82, 2.24) is 0 Å². The number of rotatable bonds is 3. The third kappa shape index (κ3) is 1.80. The number of ether oxygens (including phenoxy) is 1. The van der Waals surface area contributed by atoms with Crippen LogP contribution in [-0.4, -0.2) is 5.60 Å². The Hall–Kier alpha value is -1.50. The summed E-state index contributed by atoms with van der Waals surface area (Å²) in [5.74, 6) is 2.29. The van der Waals surface area contributed by atoms with Gasteiger partial charge in [-0.1, -0.05) is 36.9 Å². The number of benzene rings is 1. The molecule has 3 unspecified atom stereocenters. The molecule has 0 spiro atoms. The smallest absolute Gasteiger partial charge is 0.120 e. The molecule has 0 saturated heterocycles. The number of hydrogen-bond donors (Lipinski definition) is 0. The highest BCUT2D eigenvalue weighted by Gasteiger charge is 2.46. The zero-order valence-corrected chi connectivity index (χ0v) is 10.2. The van der Waals surface area contributed by atoms with Gasteiger partial charge in [-0.25, -0.2) is 0 Å². The van der Waals surface area contributed by atoms with Crippen LogP contribution in [0, 0.1) is 11.8 Å². The van der Waals surface area contributed by atoms with Gasteiger partial charge in [-0.05, 0) is 43.4 Å². The Morgan fingerprint density at radius 2 is 2.06 bits per heavy atom. The third-order valence-electron chi connectivity index (χ3n) is 4.09. The lowest BCUT2D eigenvalue weighted by Crippen LogP contribution is -2.36. The van der Waals surface area contributed by atoms with Crippen LogP contribution in [0.1, 0.15) is 25.3 Å². The van der Waals surface area contributed by atoms with Crippen LogP contribution in [0.3, 0.4) is 0 Å². The molecule has 3 atom stereocenters. The number of fused-ring (bicyclic) bond motifs is 2. The lowest BCUT2D eigenvalue weighted by Gasteiger charge is -2.32. The monoisotopic (exact) mass is 226 g/mol. The fourth-order valence-corrected chi connectivity index (χ4v) is 3.11. The average molecular weight is 226 g/mol. The summed E-state index contributed by atoms with van der Waals surface area (Å²) in [5.41, 5.74) is 1.13. The van der Waals surface area contributed by atoms with Crippen molar-refractivity contribution in [3.05, 3.63) is 48.6 Å². The molecule has 1 aromatic carbocycles. The van der Waals surface area contributed by atoms with Crippen molar-refractivity contribution < 1.29 is 4.74 Å². The Morgan fingerprint density at radius 1 is 1.29 bits per heavy atom. The SMILES string of the molecule is C=Cc1ccc(OC2(C)CC3C=CC2C3)cc1. The summed E-state index contributed by atoms with van der Waals surface area (Å²) >= 11 is 0. The van der Waals surface area contributed by atoms with E-state index in [0.29, 0.717) is 5.92 Å². The van der Waals surface area contributed by atoms with Gasteiger partial charge < -0.3 is 4.74 Å². The molecule has 3 rings (SSSR count). The second-order valence-electron chi connectivity index (χ2n) is 5.38. The quantitative estimate of drug-likeness (QED) is 0.706. The molecular formula is C16H18O. The largest absolute Gasteiger partial charge is 0.487 e. The van der Waals surface area contributed by atoms with Gasteiger partial charge in [0.25, 0.3) is 0 Å². The van der Waals surface area contributed by atoms with Crippen molar-refractivity contribution in [2.45, 2.75) is 25.4 Å². The molecule has 1 fully saturated rings. The average Bonchev–Trinajstić information content (AvgIpc) is 2.89. The maximum atomic E-state index is 6.21. The molecular weight excluding hydrogens is 208 g/mol. The van der Waals surface area contributed by atoms with E-state index in [1.54, 1.807) is 0 Å². The summed E-state index contributed by atoms with van der Waals surface area (Å²) < 4.78 is 6.21. The fourth-order valence-electron chi connectivity index (χ4n) is 3.11. The van der Waals surface area contributed by atoms with Crippen LogP contribution in [0.15, 0.2) is 43.0 Å². The first kappa shape index (κ1) is 10.6. The predicted molar refractivity (Wildman–Crippen MR) is 70.9 cm³/mol. The van der Waals surface area contributed by atoms with Gasteiger partial charge in [0.05, 0.1) is 0 Å². The van der Waals surface area contributed by atoms with Gasteiger partial charge in [0.2, 0.25) is 0 Å². The zero-order chi connectivity index (χ0) is 11.9. The predicted octanol–water partition coefficient (Wildman–Crippen LogP) is 4.06. The Labute approximate surface area is 103 Å². The molecule has 0 amide bonds. The third-order valence-corrected chi connectivity index (χ3v) is 4.09. The number of hydrogen-bond acceptors (Lipinski definition) is 1. The van der Waals surface area contributed by atoms with Gasteiger partial charge in [-0.3, -0.25) is 0 Å². The van der Waals surface area contributed by atoms with Gasteiger partial charge in [0.15, 0.2) is 0 Å². The topological polar surface area (TPSA) is 9.23 Å². The summed E-state index contributed by atoms with van der Waals surface area (Å²) in [6.07, 6.45) is 8.94. The van der Waals surface area contributed by atoms with Crippen LogP contribution in [0.25, 0.3) is 6.08 Å². The second-order valence-corrected chi connectivity index (χ2v) is 5.38. The summed E-state index contributed by atoms with van der Waals surface area (Å²) in [4.78, 5) is 0. The van der Waals surface area contributed by atoms with E-state index in [1.807, 2.05) is 18.2 Å². The van der Waals surface area contributed by atoms with Gasteiger partial charge >= 0.3 is 0 Å². The molecule has 2 aliphatic rings. The molecule has 88 valence electrons. The van der Waals surface area contributed by atoms with E-state index in [1.165, 1.54) is 6.42 Å². The van der Waals surface area contributed by atoms with Crippen molar-refractivity contribution >= 4 is 6.08 Å². The summed E-state index contributed by atoms with van der Waals surface area (Å²) in [7, 11) is 0. The Kier molecular flexibility index (Phi) is 2.36. The van der Waals surface area contributed by atoms with E-state index >= 15 is 0 Å². The van der Waals surface area contributed by atoms with Crippen molar-refractivity contribution in [3.63, 3.8) is 0 Å². The molecule has 0 N–H and O–H groups in total. The lowest BCUT2D eigenvalue weighted by atomic mass is 9.90. The molecule has 2 aliphatic carbocycles. The Morgan fingerprint density at radius 3 is 2.59 bits per heavy atom. The van der Waals surface area contributed by atoms with E-state index < -0.39 is 0 Å². The summed E-state index contributed by atoms with van der Waals surface area (Å²) in [6, 6.07) is 8.18. The van der Waals surface area contributed by atoms with Crippen LogP contribution in [0.4, 0.5) is 0 Å². The van der Waals surface area contributed by atoms with Crippen LogP contribution in [-0.2, 0) is 0 Å². The Balaban J connectivity index is 1.78. The van der Waals surface area contributed by atoms with Crippen LogP contribution in [0.2, 0.25) is 0 Å². The highest BCUT2D eigenvalue weighted by molar-refractivity contribution is 5.48. The zero-order valence-electron chi connectivity index (χ0n) is 10.2. The van der Waals surface area contributed by atoms with Crippen LogP contribution >= 0.6 is 0 Å². The van der Waals surface area contributed by atoms with E-state index in [0.717, 1.165) is 23.7 Å². The molecule has 0 heterocycles. The molecule has 0 aliphatic heterocycles. The van der Waals surface area contributed by atoms with Crippen molar-refractivity contribution in [3.8, 4) is 5.75 Å². The number of allylic oxidation sites excluding steroid dienone is 1. The first-order valence-corrected chi connectivity index (χ1v) is 6.29. The normalized spacial score (nSPS) is 33.9. The minimum absolute atomic E-state index is 0.00485. The van der Waals surface area contributed by atoms with Crippen molar-refractivity contribution in [1.29, 1.82) is 0 Å². The van der Waals surface area contributed by atoms with Crippen LogP contribution in [0.5, 0.6) is 5.75 Å². The molecule has 2 bridgehead atoms. The maximum Gasteiger partial charge on any atom is 0.120 e. The first-order valence-electron chi connectivity index (χ1n) is 6.29. The van der Waals surface area contributed by atoms with E-state index in [-0.39, 0.29) is 5.60 Å². The highest BCUT2D eigenvalue weighted by atomic mass is 16.5. The van der Waals surface area contributed by atoms with E-state index in [9.17, 15) is 0 Å². The van der Waals surface area contributed by atoms with Gasteiger partial charge in [0, 0.05) is 5.92 Å². The van der Waals surface area contributed by atoms with Crippen LogP contribution < -0.4 is 4.74 Å². The molecule has 1 aromatic rings. The molecule has 1 heteroatoms. The van der Waals surface area contributed by atoms with Crippen molar-refractivity contribution in [2.24, 2.45) is 11.8 Å². The van der Waals surface area contributed by atoms with Gasteiger partial charge in [0.1, 0.15) is 11.4 Å². The first-order chi connectivity index (χ1) is 8.19. The molecule has 0 aromatic heterocycles. The standard InChI is InChI=1S/C16H18O/c1-3-12-5-8-15(9-6-12)17-16(2)11-13-4-7-14(16)10-13/h3-9,13-14H,1,10-11H2,2H3. The van der Waals surface area contributed by atoms with E-state index in [4.69, 9.17) is 4.74 Å². The lowest BCUT2D eigenvalue weighted by molar-refractivity contribution is 0.0622. The molecule has 1 nitrogen and oxygen atoms in total. The molecule has 1 saturated carbocycles. The minimum Gasteiger partial charge on any atom is -0.487 e. The minimum atomic E-state index is -0.00485. The summed E-state index contributed by atoms with van der Waals surface area (Å²) in [5, 5.41) is 0. The van der Waals surface area contributed by atoms with Gasteiger partial charge in [-0.2, -0.15) is 0 Å².